The third-order valence-electron chi connectivity index (χ3n) is 2.26. The predicted molar refractivity (Wildman–Crippen MR) is 64.6 cm³/mol. The maximum atomic E-state index is 13.3. The number of nitro groups is 1. The molecule has 0 aliphatic rings. The molecule has 1 aromatic carbocycles. The Hall–Kier alpha value is -2.02. The van der Waals surface area contributed by atoms with E-state index in [0.29, 0.717) is 6.42 Å². The second kappa shape index (κ2) is 6.06. The van der Waals surface area contributed by atoms with Crippen LogP contribution >= 0.6 is 0 Å². The Balaban J connectivity index is 2.74. The van der Waals surface area contributed by atoms with Gasteiger partial charge in [-0.05, 0) is 19.4 Å². The maximum Gasteiger partial charge on any atom is 0.271 e. The Labute approximate surface area is 103 Å². The second-order valence-electron chi connectivity index (χ2n) is 3.99. The van der Waals surface area contributed by atoms with Gasteiger partial charge >= 0.3 is 0 Å². The van der Waals surface area contributed by atoms with E-state index in [1.54, 1.807) is 6.92 Å². The summed E-state index contributed by atoms with van der Waals surface area (Å²) in [7, 11) is 0. The number of hydrogen-bond acceptors (Lipinski definition) is 4. The lowest BCUT2D eigenvalue weighted by Crippen LogP contribution is -2.19. The quantitative estimate of drug-likeness (QED) is 0.619. The van der Waals surface area contributed by atoms with E-state index in [1.807, 2.05) is 0 Å². The van der Waals surface area contributed by atoms with E-state index in [1.165, 1.54) is 0 Å². The van der Waals surface area contributed by atoms with E-state index in [0.717, 1.165) is 18.2 Å². The van der Waals surface area contributed by atoms with Crippen molar-refractivity contribution in [1.82, 2.24) is 0 Å². The molecular formula is C11H14FN3O3. The normalized spacial score (nSPS) is 11.9. The first-order valence-corrected chi connectivity index (χ1v) is 5.39. The van der Waals surface area contributed by atoms with Crippen LogP contribution in [0.25, 0.3) is 0 Å². The van der Waals surface area contributed by atoms with Gasteiger partial charge in [-0.15, -0.1) is 0 Å². The zero-order chi connectivity index (χ0) is 13.7. The minimum absolute atomic E-state index is 0.134. The van der Waals surface area contributed by atoms with Crippen molar-refractivity contribution in [2.75, 3.05) is 5.32 Å². The maximum absolute atomic E-state index is 13.3. The van der Waals surface area contributed by atoms with Gasteiger partial charge in [-0.1, -0.05) is 0 Å². The van der Waals surface area contributed by atoms with Gasteiger partial charge in [-0.25, -0.2) is 4.39 Å². The van der Waals surface area contributed by atoms with Crippen molar-refractivity contribution in [3.8, 4) is 0 Å². The Morgan fingerprint density at radius 1 is 1.61 bits per heavy atom. The molecule has 6 nitrogen and oxygen atoms in total. The highest BCUT2D eigenvalue weighted by Crippen LogP contribution is 2.21. The molecule has 0 saturated carbocycles. The highest BCUT2D eigenvalue weighted by Gasteiger charge is 2.13. The molecule has 0 spiro atoms. The van der Waals surface area contributed by atoms with E-state index in [-0.39, 0.29) is 23.8 Å². The Kier molecular flexibility index (Phi) is 4.73. The van der Waals surface area contributed by atoms with Crippen LogP contribution in [0, 0.1) is 15.9 Å². The minimum Gasteiger partial charge on any atom is -0.328 e. The number of nitrogens with zero attached hydrogens (tertiary/aromatic N) is 1. The van der Waals surface area contributed by atoms with Crippen LogP contribution in [0.15, 0.2) is 18.2 Å². The minimum atomic E-state index is -0.713. The molecule has 1 atom stereocenters. The number of nitrogens with two attached hydrogens (primary N) is 1. The van der Waals surface area contributed by atoms with E-state index in [2.05, 4.69) is 5.32 Å². The predicted octanol–water partition coefficient (Wildman–Crippen LogP) is 1.80. The van der Waals surface area contributed by atoms with Gasteiger partial charge in [0.05, 0.1) is 10.6 Å². The molecule has 3 N–H and O–H groups in total. The average Bonchev–Trinajstić information content (AvgIpc) is 2.29. The van der Waals surface area contributed by atoms with Gasteiger partial charge in [-0.3, -0.25) is 14.9 Å². The van der Waals surface area contributed by atoms with E-state index in [9.17, 15) is 19.3 Å². The molecule has 98 valence electrons. The van der Waals surface area contributed by atoms with E-state index in [4.69, 9.17) is 5.73 Å². The molecule has 0 fully saturated rings. The van der Waals surface area contributed by atoms with Gasteiger partial charge in [0.25, 0.3) is 5.69 Å². The van der Waals surface area contributed by atoms with Crippen molar-refractivity contribution in [3.63, 3.8) is 0 Å². The lowest BCUT2D eigenvalue weighted by Gasteiger charge is -2.07. The van der Waals surface area contributed by atoms with E-state index >= 15 is 0 Å². The number of non-ortho nitro benzene ring substituents is 1. The first-order chi connectivity index (χ1) is 8.40. The van der Waals surface area contributed by atoms with Crippen molar-refractivity contribution in [2.45, 2.75) is 25.8 Å². The summed E-state index contributed by atoms with van der Waals surface area (Å²) in [5, 5.41) is 12.8. The monoisotopic (exact) mass is 255 g/mol. The molecule has 1 amide bonds. The SMILES string of the molecule is CC(N)CCC(=O)Nc1cc([N+](=O)[O-])ccc1F. The van der Waals surface area contributed by atoms with Gasteiger partial charge < -0.3 is 11.1 Å². The molecule has 7 heteroatoms. The summed E-state index contributed by atoms with van der Waals surface area (Å²) in [5.41, 5.74) is 5.01. The first-order valence-electron chi connectivity index (χ1n) is 5.39. The summed E-state index contributed by atoms with van der Waals surface area (Å²) in [6.07, 6.45) is 0.599. The summed E-state index contributed by atoms with van der Waals surface area (Å²) < 4.78 is 13.3. The van der Waals surface area contributed by atoms with Crippen LogP contribution in [0.5, 0.6) is 0 Å². The molecule has 0 saturated heterocycles. The summed E-state index contributed by atoms with van der Waals surface area (Å²) in [6, 6.07) is 2.83. The number of amides is 1. The summed E-state index contributed by atoms with van der Waals surface area (Å²) in [4.78, 5) is 21.3. The fraction of sp³-hybridized carbons (Fsp3) is 0.364. The molecule has 0 aliphatic carbocycles. The van der Waals surface area contributed by atoms with Gasteiger partial charge in [-0.2, -0.15) is 0 Å². The van der Waals surface area contributed by atoms with Gasteiger partial charge in [0.1, 0.15) is 5.82 Å². The lowest BCUT2D eigenvalue weighted by molar-refractivity contribution is -0.384. The molecule has 1 rings (SSSR count). The van der Waals surface area contributed by atoms with Crippen LogP contribution in [0.4, 0.5) is 15.8 Å². The highest BCUT2D eigenvalue weighted by molar-refractivity contribution is 5.91. The zero-order valence-corrected chi connectivity index (χ0v) is 9.85. The first kappa shape index (κ1) is 14.0. The summed E-state index contributed by atoms with van der Waals surface area (Å²) in [6.45, 7) is 1.75. The molecule has 18 heavy (non-hydrogen) atoms. The van der Waals surface area contributed by atoms with Gasteiger partial charge in [0, 0.05) is 24.6 Å². The van der Waals surface area contributed by atoms with Crippen LogP contribution in [0.2, 0.25) is 0 Å². The lowest BCUT2D eigenvalue weighted by atomic mass is 10.2. The highest BCUT2D eigenvalue weighted by atomic mass is 19.1. The second-order valence-corrected chi connectivity index (χ2v) is 3.99. The van der Waals surface area contributed by atoms with Crippen LogP contribution in [0.3, 0.4) is 0 Å². The van der Waals surface area contributed by atoms with Gasteiger partial charge in [0.15, 0.2) is 0 Å². The number of rotatable bonds is 5. The number of nitrogens with one attached hydrogen (secondary N) is 1. The van der Waals surface area contributed by atoms with Crippen molar-refractivity contribution in [2.24, 2.45) is 5.73 Å². The smallest absolute Gasteiger partial charge is 0.271 e. The molecular weight excluding hydrogens is 241 g/mol. The number of carbonyl (C=O) groups is 1. The Morgan fingerprint density at radius 3 is 2.83 bits per heavy atom. The molecule has 1 aromatic rings. The van der Waals surface area contributed by atoms with E-state index < -0.39 is 16.6 Å². The fourth-order valence-corrected chi connectivity index (χ4v) is 1.29. The number of nitro benzene ring substituents is 1. The van der Waals surface area contributed by atoms with Crippen LogP contribution < -0.4 is 11.1 Å². The van der Waals surface area contributed by atoms with Crippen molar-refractivity contribution in [3.05, 3.63) is 34.1 Å². The Morgan fingerprint density at radius 2 is 2.28 bits per heavy atom. The molecule has 0 radical (unpaired) electrons. The fourth-order valence-electron chi connectivity index (χ4n) is 1.29. The summed E-state index contributed by atoms with van der Waals surface area (Å²) in [5.74, 6) is -1.14. The zero-order valence-electron chi connectivity index (χ0n) is 9.85. The van der Waals surface area contributed by atoms with Crippen molar-refractivity contribution >= 4 is 17.3 Å². The van der Waals surface area contributed by atoms with Gasteiger partial charge in [0.2, 0.25) is 5.91 Å². The van der Waals surface area contributed by atoms with Crippen LogP contribution in [-0.2, 0) is 4.79 Å². The molecule has 0 aromatic heterocycles. The number of anilines is 1. The third kappa shape index (κ3) is 4.10. The molecule has 1 unspecified atom stereocenters. The third-order valence-corrected chi connectivity index (χ3v) is 2.26. The Bertz CT molecular complexity index is 463. The average molecular weight is 255 g/mol. The number of carbonyl (C=O) groups excluding carboxylic acids is 1. The summed E-state index contributed by atoms with van der Waals surface area (Å²) >= 11 is 0. The molecule has 0 bridgehead atoms. The topological polar surface area (TPSA) is 98.3 Å². The van der Waals surface area contributed by atoms with Crippen LogP contribution in [-0.4, -0.2) is 16.9 Å². The largest absolute Gasteiger partial charge is 0.328 e. The standard InChI is InChI=1S/C11H14FN3O3/c1-7(13)2-5-11(16)14-10-6-8(15(17)18)3-4-9(10)12/h3-4,6-7H,2,5,13H2,1H3,(H,14,16). The van der Waals surface area contributed by atoms with Crippen molar-refractivity contribution in [1.29, 1.82) is 0 Å². The molecule has 0 aliphatic heterocycles. The molecule has 0 heterocycles. The number of halogens is 1. The number of benzene rings is 1. The van der Waals surface area contributed by atoms with Crippen molar-refractivity contribution < 1.29 is 14.1 Å². The number of hydrogen-bond donors (Lipinski definition) is 2. The van der Waals surface area contributed by atoms with Crippen LogP contribution in [0.1, 0.15) is 19.8 Å².